The number of hydrogen-bond donors (Lipinski definition) is 0. The summed E-state index contributed by atoms with van der Waals surface area (Å²) in [7, 11) is 1.80. The molecular formula is C15H29NO2. The summed E-state index contributed by atoms with van der Waals surface area (Å²) in [6.07, 6.45) is 7.06. The number of rotatable bonds is 11. The van der Waals surface area contributed by atoms with E-state index in [4.69, 9.17) is 4.74 Å². The maximum atomic E-state index is 11.2. The van der Waals surface area contributed by atoms with Crippen LogP contribution >= 0.6 is 0 Å². The first kappa shape index (κ1) is 17.2. The molecule has 0 N–H and O–H groups in total. The van der Waals surface area contributed by atoms with E-state index in [0.717, 1.165) is 44.9 Å². The summed E-state index contributed by atoms with van der Waals surface area (Å²) in [4.78, 5) is 12.9. The van der Waals surface area contributed by atoms with Gasteiger partial charge in [-0.2, -0.15) is 0 Å². The van der Waals surface area contributed by atoms with Crippen LogP contribution in [0.2, 0.25) is 0 Å². The van der Waals surface area contributed by atoms with Gasteiger partial charge in [-0.1, -0.05) is 33.3 Å². The molecule has 0 bridgehead atoms. The maximum Gasteiger partial charge on any atom is 0.245 e. The lowest BCUT2D eigenvalue weighted by Crippen LogP contribution is -2.25. The van der Waals surface area contributed by atoms with Gasteiger partial charge in [-0.25, -0.2) is 0 Å². The molecule has 0 aromatic carbocycles. The predicted molar refractivity (Wildman–Crippen MR) is 76.6 cm³/mol. The summed E-state index contributed by atoms with van der Waals surface area (Å²) in [5.41, 5.74) is 0. The van der Waals surface area contributed by atoms with Crippen molar-refractivity contribution in [2.75, 3.05) is 26.8 Å². The van der Waals surface area contributed by atoms with Gasteiger partial charge in [0.05, 0.1) is 0 Å². The van der Waals surface area contributed by atoms with E-state index < -0.39 is 0 Å². The van der Waals surface area contributed by atoms with E-state index in [9.17, 15) is 4.79 Å². The number of likely N-dealkylation sites (N-methyl/N-ethyl adjacent to an activating group) is 1. The number of nitrogens with zero attached hydrogens (tertiary/aromatic N) is 1. The van der Waals surface area contributed by atoms with E-state index in [1.54, 1.807) is 11.9 Å². The third-order valence-electron chi connectivity index (χ3n) is 2.90. The van der Waals surface area contributed by atoms with Gasteiger partial charge in [-0.05, 0) is 31.3 Å². The molecule has 0 saturated carbocycles. The van der Waals surface area contributed by atoms with Crippen molar-refractivity contribution in [2.45, 2.75) is 46.0 Å². The van der Waals surface area contributed by atoms with Gasteiger partial charge in [-0.15, -0.1) is 0 Å². The minimum absolute atomic E-state index is 0.00963. The van der Waals surface area contributed by atoms with Crippen LogP contribution in [0.5, 0.6) is 0 Å². The second-order valence-corrected chi connectivity index (χ2v) is 5.17. The van der Waals surface area contributed by atoms with Gasteiger partial charge in [0.15, 0.2) is 0 Å². The molecule has 0 aromatic heterocycles. The fourth-order valence-corrected chi connectivity index (χ4v) is 1.68. The minimum atomic E-state index is -0.00963. The van der Waals surface area contributed by atoms with Crippen LogP contribution in [-0.2, 0) is 9.53 Å². The summed E-state index contributed by atoms with van der Waals surface area (Å²) in [5, 5.41) is 0. The lowest BCUT2D eigenvalue weighted by molar-refractivity contribution is -0.124. The Morgan fingerprint density at radius 3 is 2.39 bits per heavy atom. The third-order valence-corrected chi connectivity index (χ3v) is 2.90. The first-order valence-electron chi connectivity index (χ1n) is 7.03. The highest BCUT2D eigenvalue weighted by molar-refractivity contribution is 5.86. The zero-order chi connectivity index (χ0) is 13.8. The van der Waals surface area contributed by atoms with Gasteiger partial charge in [-0.3, -0.25) is 4.79 Å². The maximum absolute atomic E-state index is 11.2. The van der Waals surface area contributed by atoms with Crippen LogP contribution in [0, 0.1) is 5.92 Å². The Labute approximate surface area is 112 Å². The van der Waals surface area contributed by atoms with Crippen LogP contribution in [0.15, 0.2) is 12.7 Å². The van der Waals surface area contributed by atoms with Crippen LogP contribution in [-0.4, -0.2) is 37.6 Å². The molecule has 1 amide bonds. The standard InChI is InChI=1S/C15H29NO2/c1-5-15(17)16(4)11-7-9-13-18-12-8-6-10-14(2)3/h5,14H,1,6-13H2,2-4H3. The number of amides is 1. The molecule has 0 radical (unpaired) electrons. The molecule has 3 heteroatoms. The molecule has 0 aliphatic rings. The van der Waals surface area contributed by atoms with E-state index in [1.807, 2.05) is 0 Å². The number of carbonyl (C=O) groups is 1. The molecule has 0 rings (SSSR count). The van der Waals surface area contributed by atoms with Gasteiger partial charge in [0.1, 0.15) is 0 Å². The predicted octanol–water partition coefficient (Wildman–Crippen LogP) is 3.25. The average Bonchev–Trinajstić information content (AvgIpc) is 2.35. The van der Waals surface area contributed by atoms with Crippen molar-refractivity contribution in [1.82, 2.24) is 4.90 Å². The van der Waals surface area contributed by atoms with E-state index in [2.05, 4.69) is 20.4 Å². The fraction of sp³-hybridized carbons (Fsp3) is 0.800. The number of ether oxygens (including phenoxy) is 1. The molecule has 0 aromatic rings. The summed E-state index contributed by atoms with van der Waals surface area (Å²) in [6.45, 7) is 10.4. The van der Waals surface area contributed by atoms with Gasteiger partial charge in [0.2, 0.25) is 5.91 Å². The highest BCUT2D eigenvalue weighted by Gasteiger charge is 2.02. The Balaban J connectivity index is 3.21. The van der Waals surface area contributed by atoms with Crippen LogP contribution in [0.4, 0.5) is 0 Å². The molecule has 0 spiro atoms. The first-order valence-corrected chi connectivity index (χ1v) is 7.03. The van der Waals surface area contributed by atoms with E-state index in [-0.39, 0.29) is 5.91 Å². The normalized spacial score (nSPS) is 10.7. The molecule has 0 atom stereocenters. The highest BCUT2D eigenvalue weighted by Crippen LogP contribution is 2.06. The average molecular weight is 255 g/mol. The summed E-state index contributed by atoms with van der Waals surface area (Å²) in [6, 6.07) is 0. The van der Waals surface area contributed by atoms with Crippen LogP contribution in [0.25, 0.3) is 0 Å². The Morgan fingerprint density at radius 2 is 1.83 bits per heavy atom. The SMILES string of the molecule is C=CC(=O)N(C)CCCCOCCCCC(C)C. The van der Waals surface area contributed by atoms with Crippen LogP contribution in [0.3, 0.4) is 0 Å². The van der Waals surface area contributed by atoms with Gasteiger partial charge in [0, 0.05) is 26.8 Å². The lowest BCUT2D eigenvalue weighted by Gasteiger charge is -2.14. The van der Waals surface area contributed by atoms with Crippen LogP contribution < -0.4 is 0 Å². The smallest absolute Gasteiger partial charge is 0.245 e. The second kappa shape index (κ2) is 11.3. The fourth-order valence-electron chi connectivity index (χ4n) is 1.68. The zero-order valence-corrected chi connectivity index (χ0v) is 12.3. The Hall–Kier alpha value is -0.830. The van der Waals surface area contributed by atoms with Crippen molar-refractivity contribution >= 4 is 5.91 Å². The monoisotopic (exact) mass is 255 g/mol. The highest BCUT2D eigenvalue weighted by atomic mass is 16.5. The summed E-state index contributed by atoms with van der Waals surface area (Å²) in [5.74, 6) is 0.785. The number of hydrogen-bond acceptors (Lipinski definition) is 2. The van der Waals surface area contributed by atoms with Crippen molar-refractivity contribution in [3.63, 3.8) is 0 Å². The Bertz CT molecular complexity index is 227. The lowest BCUT2D eigenvalue weighted by atomic mass is 10.1. The largest absolute Gasteiger partial charge is 0.381 e. The van der Waals surface area contributed by atoms with Gasteiger partial charge >= 0.3 is 0 Å². The van der Waals surface area contributed by atoms with E-state index >= 15 is 0 Å². The molecule has 0 fully saturated rings. The quantitative estimate of drug-likeness (QED) is 0.419. The summed E-state index contributed by atoms with van der Waals surface area (Å²) >= 11 is 0. The van der Waals surface area contributed by atoms with Crippen molar-refractivity contribution in [3.05, 3.63) is 12.7 Å². The van der Waals surface area contributed by atoms with Crippen molar-refractivity contribution in [1.29, 1.82) is 0 Å². The van der Waals surface area contributed by atoms with Crippen LogP contribution in [0.1, 0.15) is 46.0 Å². The third kappa shape index (κ3) is 10.3. The number of carbonyl (C=O) groups excluding carboxylic acids is 1. The van der Waals surface area contributed by atoms with Crippen molar-refractivity contribution in [2.24, 2.45) is 5.92 Å². The molecule has 0 heterocycles. The molecule has 0 unspecified atom stereocenters. The molecule has 18 heavy (non-hydrogen) atoms. The topological polar surface area (TPSA) is 29.5 Å². The molecule has 0 saturated heterocycles. The second-order valence-electron chi connectivity index (χ2n) is 5.17. The van der Waals surface area contributed by atoms with E-state index in [1.165, 1.54) is 18.9 Å². The number of unbranched alkanes of at least 4 members (excludes halogenated alkanes) is 2. The minimum Gasteiger partial charge on any atom is -0.381 e. The molecule has 0 aliphatic carbocycles. The molecular weight excluding hydrogens is 226 g/mol. The zero-order valence-electron chi connectivity index (χ0n) is 12.3. The molecule has 0 aliphatic heterocycles. The van der Waals surface area contributed by atoms with Gasteiger partial charge < -0.3 is 9.64 Å². The van der Waals surface area contributed by atoms with Crippen molar-refractivity contribution in [3.8, 4) is 0 Å². The molecule has 106 valence electrons. The Morgan fingerprint density at radius 1 is 1.22 bits per heavy atom. The summed E-state index contributed by atoms with van der Waals surface area (Å²) < 4.78 is 5.56. The Kier molecular flexibility index (Phi) is 10.8. The molecule has 3 nitrogen and oxygen atoms in total. The van der Waals surface area contributed by atoms with Crippen molar-refractivity contribution < 1.29 is 9.53 Å². The first-order chi connectivity index (χ1) is 8.57. The van der Waals surface area contributed by atoms with E-state index in [0.29, 0.717) is 0 Å². The van der Waals surface area contributed by atoms with Gasteiger partial charge in [0.25, 0.3) is 0 Å².